The van der Waals surface area contributed by atoms with Gasteiger partial charge in [0, 0.05) is 31.2 Å². The van der Waals surface area contributed by atoms with Crippen molar-refractivity contribution >= 4 is 12.0 Å². The molecule has 3 N–H and O–H groups in total. The SMILES string of the molecule is Nc1ncc2c(n1)C1(CCCN(C(=O)NCc3cccc(F)c3)C1)CC2. The number of nitrogen functional groups attached to an aromatic ring is 1. The quantitative estimate of drug-likeness (QED) is 0.866. The number of urea groups is 1. The molecule has 1 aromatic heterocycles. The van der Waals surface area contributed by atoms with E-state index in [4.69, 9.17) is 5.73 Å². The van der Waals surface area contributed by atoms with Crippen molar-refractivity contribution in [2.45, 2.75) is 37.6 Å². The maximum atomic E-state index is 13.3. The van der Waals surface area contributed by atoms with E-state index in [1.807, 2.05) is 11.1 Å². The Hall–Kier alpha value is -2.70. The van der Waals surface area contributed by atoms with Crippen molar-refractivity contribution in [1.29, 1.82) is 0 Å². The zero-order valence-corrected chi connectivity index (χ0v) is 14.5. The highest BCUT2D eigenvalue weighted by molar-refractivity contribution is 5.74. The summed E-state index contributed by atoms with van der Waals surface area (Å²) in [4.78, 5) is 23.1. The molecule has 26 heavy (non-hydrogen) atoms. The molecule has 136 valence electrons. The number of carbonyl (C=O) groups excluding carboxylic acids is 1. The van der Waals surface area contributed by atoms with Crippen LogP contribution in [0.5, 0.6) is 0 Å². The molecule has 4 rings (SSSR count). The summed E-state index contributed by atoms with van der Waals surface area (Å²) < 4.78 is 13.3. The first-order valence-electron chi connectivity index (χ1n) is 8.95. The first kappa shape index (κ1) is 16.8. The van der Waals surface area contributed by atoms with Crippen LogP contribution in [0, 0.1) is 5.82 Å². The van der Waals surface area contributed by atoms with Crippen LogP contribution in [-0.4, -0.2) is 34.0 Å². The molecule has 2 aromatic rings. The lowest BCUT2D eigenvalue weighted by Crippen LogP contribution is -2.51. The van der Waals surface area contributed by atoms with Crippen LogP contribution in [-0.2, 0) is 18.4 Å². The predicted octanol–water partition coefficient (Wildman–Crippen LogP) is 2.39. The molecule has 2 aliphatic rings. The molecule has 1 unspecified atom stereocenters. The number of aryl methyl sites for hydroxylation is 1. The van der Waals surface area contributed by atoms with Crippen LogP contribution in [0.15, 0.2) is 30.5 Å². The number of likely N-dealkylation sites (tertiary alicyclic amines) is 1. The van der Waals surface area contributed by atoms with Crippen LogP contribution in [0.3, 0.4) is 0 Å². The Kier molecular flexibility index (Phi) is 4.22. The number of anilines is 1. The van der Waals surface area contributed by atoms with Gasteiger partial charge in [-0.3, -0.25) is 0 Å². The molecule has 6 nitrogen and oxygen atoms in total. The molecule has 1 fully saturated rings. The van der Waals surface area contributed by atoms with Crippen molar-refractivity contribution in [3.8, 4) is 0 Å². The monoisotopic (exact) mass is 355 g/mol. The fraction of sp³-hybridized carbons (Fsp3) is 0.421. The molecule has 1 atom stereocenters. The standard InChI is InChI=1S/C19H22FN5O/c20-15-4-1-3-13(9-15)10-23-18(26)25-8-2-6-19(12-25)7-5-14-11-22-17(21)24-16(14)19/h1,3-4,9,11H,2,5-8,10,12H2,(H,23,26)(H2,21,22,24). The number of piperidine rings is 1. The number of nitrogens with one attached hydrogen (secondary N) is 1. The molecule has 0 radical (unpaired) electrons. The second-order valence-corrected chi connectivity index (χ2v) is 7.20. The third kappa shape index (κ3) is 3.09. The third-order valence-corrected chi connectivity index (χ3v) is 5.46. The van der Waals surface area contributed by atoms with Crippen molar-refractivity contribution in [2.24, 2.45) is 0 Å². The minimum absolute atomic E-state index is 0.121. The normalized spacial score (nSPS) is 21.7. The summed E-state index contributed by atoms with van der Waals surface area (Å²) in [6.07, 6.45) is 5.64. The first-order valence-corrected chi connectivity index (χ1v) is 8.95. The molecular formula is C19H22FN5O. The van der Waals surface area contributed by atoms with Gasteiger partial charge in [0.25, 0.3) is 0 Å². The number of rotatable bonds is 2. The molecule has 1 aliphatic heterocycles. The molecule has 2 amide bonds. The van der Waals surface area contributed by atoms with Crippen LogP contribution in [0.4, 0.5) is 15.1 Å². The van der Waals surface area contributed by atoms with Gasteiger partial charge < -0.3 is 16.0 Å². The van der Waals surface area contributed by atoms with Gasteiger partial charge in [0.15, 0.2) is 0 Å². The van der Waals surface area contributed by atoms with Crippen molar-refractivity contribution in [2.75, 3.05) is 18.8 Å². The Bertz CT molecular complexity index is 838. The van der Waals surface area contributed by atoms with Crippen LogP contribution in [0.2, 0.25) is 0 Å². The highest BCUT2D eigenvalue weighted by atomic mass is 19.1. The maximum absolute atomic E-state index is 13.3. The minimum Gasteiger partial charge on any atom is -0.368 e. The highest BCUT2D eigenvalue weighted by Gasteiger charge is 2.44. The molecule has 0 bridgehead atoms. The number of nitrogens with two attached hydrogens (primary N) is 1. The molecule has 2 heterocycles. The van der Waals surface area contributed by atoms with Crippen molar-refractivity contribution in [3.05, 3.63) is 53.1 Å². The summed E-state index contributed by atoms with van der Waals surface area (Å²) in [5.41, 5.74) is 8.56. The van der Waals surface area contributed by atoms with Gasteiger partial charge in [0.2, 0.25) is 5.95 Å². The molecule has 1 spiro atoms. The number of fused-ring (bicyclic) bond motifs is 2. The Balaban J connectivity index is 1.46. The van der Waals surface area contributed by atoms with E-state index in [0.29, 0.717) is 19.6 Å². The van der Waals surface area contributed by atoms with Gasteiger partial charge in [0.1, 0.15) is 5.82 Å². The summed E-state index contributed by atoms with van der Waals surface area (Å²) in [6.45, 7) is 1.66. The maximum Gasteiger partial charge on any atom is 0.317 e. The van der Waals surface area contributed by atoms with Crippen LogP contribution in [0.25, 0.3) is 0 Å². The van der Waals surface area contributed by atoms with E-state index in [9.17, 15) is 9.18 Å². The third-order valence-electron chi connectivity index (χ3n) is 5.46. The van der Waals surface area contributed by atoms with Crippen LogP contribution in [0.1, 0.15) is 36.1 Å². The van der Waals surface area contributed by atoms with E-state index < -0.39 is 0 Å². The lowest BCUT2D eigenvalue weighted by molar-refractivity contribution is 0.147. The number of aromatic nitrogens is 2. The molecule has 1 aliphatic carbocycles. The Labute approximate surface area is 151 Å². The number of benzene rings is 1. The number of carbonyl (C=O) groups is 1. The fourth-order valence-corrected chi connectivity index (χ4v) is 4.19. The van der Waals surface area contributed by atoms with Crippen molar-refractivity contribution < 1.29 is 9.18 Å². The predicted molar refractivity (Wildman–Crippen MR) is 95.9 cm³/mol. The average Bonchev–Trinajstić information content (AvgIpc) is 2.97. The van der Waals surface area contributed by atoms with E-state index in [0.717, 1.165) is 42.5 Å². The van der Waals surface area contributed by atoms with E-state index in [-0.39, 0.29) is 23.2 Å². The van der Waals surface area contributed by atoms with Crippen LogP contribution < -0.4 is 11.1 Å². The van der Waals surface area contributed by atoms with E-state index in [1.54, 1.807) is 12.1 Å². The molecule has 1 saturated heterocycles. The molecule has 1 aromatic carbocycles. The van der Waals surface area contributed by atoms with E-state index in [2.05, 4.69) is 15.3 Å². The lowest BCUT2D eigenvalue weighted by atomic mass is 9.77. The number of nitrogens with zero attached hydrogens (tertiary/aromatic N) is 3. The Morgan fingerprint density at radius 1 is 1.38 bits per heavy atom. The summed E-state index contributed by atoms with van der Waals surface area (Å²) in [5, 5.41) is 2.90. The Morgan fingerprint density at radius 3 is 3.12 bits per heavy atom. The summed E-state index contributed by atoms with van der Waals surface area (Å²) in [7, 11) is 0. The molecule has 0 saturated carbocycles. The van der Waals surface area contributed by atoms with E-state index in [1.165, 1.54) is 12.1 Å². The number of amides is 2. The summed E-state index contributed by atoms with van der Waals surface area (Å²) in [6, 6.07) is 6.15. The first-order chi connectivity index (χ1) is 12.6. The van der Waals surface area contributed by atoms with E-state index >= 15 is 0 Å². The van der Waals surface area contributed by atoms with Crippen molar-refractivity contribution in [1.82, 2.24) is 20.2 Å². The minimum atomic E-state index is -0.298. The molecular weight excluding hydrogens is 333 g/mol. The van der Waals surface area contributed by atoms with Crippen molar-refractivity contribution in [3.63, 3.8) is 0 Å². The average molecular weight is 355 g/mol. The van der Waals surface area contributed by atoms with Gasteiger partial charge in [-0.1, -0.05) is 12.1 Å². The fourth-order valence-electron chi connectivity index (χ4n) is 4.19. The number of halogens is 1. The van der Waals surface area contributed by atoms with Gasteiger partial charge in [-0.05, 0) is 48.9 Å². The second kappa shape index (κ2) is 6.55. The summed E-state index contributed by atoms with van der Waals surface area (Å²) in [5.74, 6) is -0.00814. The number of hydrogen-bond acceptors (Lipinski definition) is 4. The van der Waals surface area contributed by atoms with Gasteiger partial charge in [-0.15, -0.1) is 0 Å². The Morgan fingerprint density at radius 2 is 2.27 bits per heavy atom. The lowest BCUT2D eigenvalue weighted by Gasteiger charge is -2.40. The summed E-state index contributed by atoms with van der Waals surface area (Å²) >= 11 is 0. The smallest absolute Gasteiger partial charge is 0.317 e. The van der Waals surface area contributed by atoms with Gasteiger partial charge in [0.05, 0.1) is 5.69 Å². The van der Waals surface area contributed by atoms with Gasteiger partial charge in [-0.25, -0.2) is 19.2 Å². The number of hydrogen-bond donors (Lipinski definition) is 2. The molecule has 7 heteroatoms. The zero-order chi connectivity index (χ0) is 18.1. The second-order valence-electron chi connectivity index (χ2n) is 7.20. The van der Waals surface area contributed by atoms with Gasteiger partial charge in [-0.2, -0.15) is 0 Å². The highest BCUT2D eigenvalue weighted by Crippen LogP contribution is 2.43. The topological polar surface area (TPSA) is 84.1 Å². The van der Waals surface area contributed by atoms with Gasteiger partial charge >= 0.3 is 6.03 Å². The zero-order valence-electron chi connectivity index (χ0n) is 14.5. The van der Waals surface area contributed by atoms with Crippen LogP contribution >= 0.6 is 0 Å². The largest absolute Gasteiger partial charge is 0.368 e.